The first-order chi connectivity index (χ1) is 8.70. The van der Waals surface area contributed by atoms with E-state index in [1.54, 1.807) is 7.11 Å². The van der Waals surface area contributed by atoms with Crippen molar-refractivity contribution in [2.24, 2.45) is 18.7 Å². The molecule has 0 amide bonds. The molecule has 3 nitrogen and oxygen atoms in total. The maximum absolute atomic E-state index is 6.41. The molecule has 1 saturated carbocycles. The lowest BCUT2D eigenvalue weighted by Crippen LogP contribution is -2.26. The van der Waals surface area contributed by atoms with Gasteiger partial charge in [-0.25, -0.2) is 0 Å². The minimum atomic E-state index is 0.177. The van der Waals surface area contributed by atoms with Gasteiger partial charge in [0.1, 0.15) is 5.75 Å². The SMILES string of the molecule is COc1ccc2c(C(N)C3CCC3)cn(C)c2c1. The van der Waals surface area contributed by atoms with Crippen LogP contribution in [0.3, 0.4) is 0 Å². The van der Waals surface area contributed by atoms with Crippen LogP contribution in [0.15, 0.2) is 24.4 Å². The number of aryl methyl sites for hydroxylation is 1. The van der Waals surface area contributed by atoms with Gasteiger partial charge >= 0.3 is 0 Å². The highest BCUT2D eigenvalue weighted by molar-refractivity contribution is 5.85. The Balaban J connectivity index is 2.07. The van der Waals surface area contributed by atoms with Gasteiger partial charge in [0.25, 0.3) is 0 Å². The predicted octanol–water partition coefficient (Wildman–Crippen LogP) is 2.99. The van der Waals surface area contributed by atoms with Crippen molar-refractivity contribution in [3.8, 4) is 5.75 Å². The molecule has 0 aliphatic heterocycles. The summed E-state index contributed by atoms with van der Waals surface area (Å²) in [5.74, 6) is 1.56. The van der Waals surface area contributed by atoms with E-state index in [0.717, 1.165) is 5.75 Å². The Bertz CT molecular complexity index is 569. The Labute approximate surface area is 108 Å². The molecule has 0 spiro atoms. The van der Waals surface area contributed by atoms with Gasteiger partial charge in [0, 0.05) is 30.7 Å². The number of hydrogen-bond acceptors (Lipinski definition) is 2. The van der Waals surface area contributed by atoms with Gasteiger partial charge in [0.2, 0.25) is 0 Å². The number of nitrogens with zero attached hydrogens (tertiary/aromatic N) is 1. The van der Waals surface area contributed by atoms with E-state index in [0.29, 0.717) is 5.92 Å². The van der Waals surface area contributed by atoms with Crippen LogP contribution in [-0.2, 0) is 7.05 Å². The van der Waals surface area contributed by atoms with Crippen LogP contribution in [0.1, 0.15) is 30.9 Å². The Hall–Kier alpha value is -1.48. The molecular weight excluding hydrogens is 224 g/mol. The quantitative estimate of drug-likeness (QED) is 0.901. The third-order valence-electron chi connectivity index (χ3n) is 4.25. The van der Waals surface area contributed by atoms with E-state index in [4.69, 9.17) is 10.5 Å². The highest BCUT2D eigenvalue weighted by atomic mass is 16.5. The van der Waals surface area contributed by atoms with Crippen LogP contribution in [0.2, 0.25) is 0 Å². The van der Waals surface area contributed by atoms with Gasteiger partial charge in [-0.3, -0.25) is 0 Å². The molecule has 0 bridgehead atoms. The van der Waals surface area contributed by atoms with E-state index in [9.17, 15) is 0 Å². The van der Waals surface area contributed by atoms with E-state index in [-0.39, 0.29) is 6.04 Å². The summed E-state index contributed by atoms with van der Waals surface area (Å²) in [6.45, 7) is 0. The van der Waals surface area contributed by atoms with Crippen LogP contribution >= 0.6 is 0 Å². The second kappa shape index (κ2) is 4.32. The minimum Gasteiger partial charge on any atom is -0.497 e. The van der Waals surface area contributed by atoms with Crippen molar-refractivity contribution in [1.29, 1.82) is 0 Å². The minimum absolute atomic E-state index is 0.177. The molecular formula is C15H20N2O. The molecule has 3 heteroatoms. The summed E-state index contributed by atoms with van der Waals surface area (Å²) in [6, 6.07) is 6.39. The fraction of sp³-hybridized carbons (Fsp3) is 0.467. The van der Waals surface area contributed by atoms with Gasteiger partial charge in [0.05, 0.1) is 12.6 Å². The number of fused-ring (bicyclic) bond motifs is 1. The van der Waals surface area contributed by atoms with Crippen LogP contribution in [0.25, 0.3) is 10.9 Å². The van der Waals surface area contributed by atoms with Crippen molar-refractivity contribution in [3.63, 3.8) is 0 Å². The summed E-state index contributed by atoms with van der Waals surface area (Å²) in [7, 11) is 3.77. The van der Waals surface area contributed by atoms with Crippen molar-refractivity contribution in [2.75, 3.05) is 7.11 Å². The number of nitrogens with two attached hydrogens (primary N) is 1. The Kier molecular flexibility index (Phi) is 2.78. The van der Waals surface area contributed by atoms with Crippen molar-refractivity contribution < 1.29 is 4.74 Å². The van der Waals surface area contributed by atoms with Gasteiger partial charge < -0.3 is 15.0 Å². The molecule has 2 aromatic rings. The number of methoxy groups -OCH3 is 1. The molecule has 1 aromatic heterocycles. The van der Waals surface area contributed by atoms with Crippen molar-refractivity contribution in [3.05, 3.63) is 30.0 Å². The number of aromatic nitrogens is 1. The van der Waals surface area contributed by atoms with Gasteiger partial charge in [0.15, 0.2) is 0 Å². The van der Waals surface area contributed by atoms with Crippen LogP contribution in [0.5, 0.6) is 5.75 Å². The summed E-state index contributed by atoms with van der Waals surface area (Å²) in [6.07, 6.45) is 6.05. The maximum atomic E-state index is 6.41. The van der Waals surface area contributed by atoms with Gasteiger partial charge in [-0.05, 0) is 36.5 Å². The number of benzene rings is 1. The lowest BCUT2D eigenvalue weighted by molar-refractivity contribution is 0.265. The number of ether oxygens (including phenoxy) is 1. The first-order valence-corrected chi connectivity index (χ1v) is 6.59. The van der Waals surface area contributed by atoms with E-state index >= 15 is 0 Å². The summed E-state index contributed by atoms with van der Waals surface area (Å²) in [5, 5.41) is 1.26. The van der Waals surface area contributed by atoms with Crippen molar-refractivity contribution in [1.82, 2.24) is 4.57 Å². The van der Waals surface area contributed by atoms with E-state index in [1.165, 1.54) is 35.7 Å². The third-order valence-corrected chi connectivity index (χ3v) is 4.25. The molecule has 0 saturated heterocycles. The first kappa shape index (κ1) is 11.6. The lowest BCUT2D eigenvalue weighted by Gasteiger charge is -2.31. The molecule has 96 valence electrons. The zero-order valence-corrected chi connectivity index (χ0v) is 11.0. The maximum Gasteiger partial charge on any atom is 0.120 e. The van der Waals surface area contributed by atoms with Crippen molar-refractivity contribution >= 4 is 10.9 Å². The largest absolute Gasteiger partial charge is 0.497 e. The second-order valence-corrected chi connectivity index (χ2v) is 5.30. The monoisotopic (exact) mass is 244 g/mol. The molecule has 18 heavy (non-hydrogen) atoms. The molecule has 1 aliphatic rings. The molecule has 2 N–H and O–H groups in total. The summed E-state index contributed by atoms with van der Waals surface area (Å²) in [4.78, 5) is 0. The summed E-state index contributed by atoms with van der Waals surface area (Å²) in [5.41, 5.74) is 8.88. The molecule has 1 unspecified atom stereocenters. The average molecular weight is 244 g/mol. The third kappa shape index (κ3) is 1.70. The van der Waals surface area contributed by atoms with E-state index < -0.39 is 0 Å². The Morgan fingerprint density at radius 1 is 1.39 bits per heavy atom. The van der Waals surface area contributed by atoms with E-state index in [2.05, 4.69) is 29.9 Å². The fourth-order valence-electron chi connectivity index (χ4n) is 2.84. The Morgan fingerprint density at radius 3 is 2.78 bits per heavy atom. The van der Waals surface area contributed by atoms with Gasteiger partial charge in [-0.2, -0.15) is 0 Å². The molecule has 1 atom stereocenters. The zero-order valence-electron chi connectivity index (χ0n) is 11.0. The highest BCUT2D eigenvalue weighted by Gasteiger charge is 2.27. The van der Waals surface area contributed by atoms with Crippen LogP contribution in [0, 0.1) is 5.92 Å². The van der Waals surface area contributed by atoms with Crippen LogP contribution in [0.4, 0.5) is 0 Å². The molecule has 3 rings (SSSR count). The second-order valence-electron chi connectivity index (χ2n) is 5.30. The van der Waals surface area contributed by atoms with E-state index in [1.807, 2.05) is 6.07 Å². The normalized spacial score (nSPS) is 17.7. The molecule has 1 fully saturated rings. The number of rotatable bonds is 3. The highest BCUT2D eigenvalue weighted by Crippen LogP contribution is 2.39. The summed E-state index contributed by atoms with van der Waals surface area (Å²) < 4.78 is 7.43. The molecule has 1 aliphatic carbocycles. The molecule has 1 heterocycles. The predicted molar refractivity (Wildman–Crippen MR) is 73.7 cm³/mol. The average Bonchev–Trinajstić information content (AvgIpc) is 2.64. The van der Waals surface area contributed by atoms with Gasteiger partial charge in [-0.15, -0.1) is 0 Å². The fourth-order valence-corrected chi connectivity index (χ4v) is 2.84. The van der Waals surface area contributed by atoms with Crippen LogP contribution < -0.4 is 10.5 Å². The van der Waals surface area contributed by atoms with Crippen LogP contribution in [-0.4, -0.2) is 11.7 Å². The smallest absolute Gasteiger partial charge is 0.120 e. The molecule has 1 aromatic carbocycles. The Morgan fingerprint density at radius 2 is 2.17 bits per heavy atom. The number of hydrogen-bond donors (Lipinski definition) is 1. The summed E-state index contributed by atoms with van der Waals surface area (Å²) >= 11 is 0. The van der Waals surface area contributed by atoms with Gasteiger partial charge in [-0.1, -0.05) is 6.42 Å². The molecule has 0 radical (unpaired) electrons. The zero-order chi connectivity index (χ0) is 12.7. The van der Waals surface area contributed by atoms with Crippen molar-refractivity contribution in [2.45, 2.75) is 25.3 Å². The first-order valence-electron chi connectivity index (χ1n) is 6.59. The topological polar surface area (TPSA) is 40.2 Å². The lowest BCUT2D eigenvalue weighted by atomic mass is 9.77. The standard InChI is InChI=1S/C15H20N2O/c1-17-9-13(15(16)10-4-3-5-10)12-7-6-11(18-2)8-14(12)17/h6-10,15H,3-5,16H2,1-2H3.